The molecule has 2 N–H and O–H groups in total. The summed E-state index contributed by atoms with van der Waals surface area (Å²) in [6, 6.07) is 1.69. The van der Waals surface area contributed by atoms with Crippen LogP contribution >= 0.6 is 0 Å². The predicted octanol–water partition coefficient (Wildman–Crippen LogP) is 2.60. The van der Waals surface area contributed by atoms with Crippen molar-refractivity contribution in [3.63, 3.8) is 0 Å². The van der Waals surface area contributed by atoms with Gasteiger partial charge in [-0.2, -0.15) is 0 Å². The molecule has 3 aliphatic rings. The number of urea groups is 1. The fourth-order valence-corrected chi connectivity index (χ4v) is 6.16. The standard InChI is InChI=1S/C20H29N3O3S/c1-2-23-11-9-16(10-12-23)27(25,26)22-20(24)21-19-17-7-3-5-14(17)13-15-6-4-8-18(15)19/h13,16H,2-12H2,1H3,(H2,21,22,24). The molecule has 7 heteroatoms. The average molecular weight is 392 g/mol. The second-order valence-electron chi connectivity index (χ2n) is 7.97. The van der Waals surface area contributed by atoms with Crippen LogP contribution in [0.5, 0.6) is 0 Å². The van der Waals surface area contributed by atoms with Gasteiger partial charge in [-0.05, 0) is 93.3 Å². The molecule has 1 saturated heterocycles. The first-order chi connectivity index (χ1) is 13.0. The van der Waals surface area contributed by atoms with Gasteiger partial charge in [-0.25, -0.2) is 17.9 Å². The summed E-state index contributed by atoms with van der Waals surface area (Å²) in [4.78, 5) is 14.8. The predicted molar refractivity (Wildman–Crippen MR) is 107 cm³/mol. The molecule has 0 saturated carbocycles. The first-order valence-corrected chi connectivity index (χ1v) is 11.7. The third kappa shape index (κ3) is 3.72. The lowest BCUT2D eigenvalue weighted by Crippen LogP contribution is -2.46. The minimum Gasteiger partial charge on any atom is -0.307 e. The monoisotopic (exact) mass is 391 g/mol. The molecule has 0 spiro atoms. The van der Waals surface area contributed by atoms with E-state index in [9.17, 15) is 13.2 Å². The van der Waals surface area contributed by atoms with Crippen molar-refractivity contribution in [2.45, 2.75) is 63.5 Å². The molecule has 1 aromatic carbocycles. The fraction of sp³-hybridized carbons (Fsp3) is 0.650. The van der Waals surface area contributed by atoms with Crippen molar-refractivity contribution in [1.82, 2.24) is 9.62 Å². The summed E-state index contributed by atoms with van der Waals surface area (Å²) in [6.07, 6.45) is 7.37. The highest BCUT2D eigenvalue weighted by Gasteiger charge is 2.32. The molecule has 0 radical (unpaired) electrons. The van der Waals surface area contributed by atoms with E-state index in [-0.39, 0.29) is 0 Å². The first kappa shape index (κ1) is 18.7. The number of rotatable bonds is 4. The van der Waals surface area contributed by atoms with Crippen molar-refractivity contribution < 1.29 is 13.2 Å². The molecule has 1 aromatic rings. The Hall–Kier alpha value is -1.60. The summed E-state index contributed by atoms with van der Waals surface area (Å²) in [5.74, 6) is 0. The molecule has 1 aliphatic heterocycles. The number of fused-ring (bicyclic) bond motifs is 2. The Morgan fingerprint density at radius 1 is 1.07 bits per heavy atom. The average Bonchev–Trinajstić information content (AvgIpc) is 3.30. The molecule has 2 aliphatic carbocycles. The van der Waals surface area contributed by atoms with Crippen LogP contribution in [0.3, 0.4) is 0 Å². The van der Waals surface area contributed by atoms with E-state index < -0.39 is 21.3 Å². The van der Waals surface area contributed by atoms with Crippen LogP contribution in [0.1, 0.15) is 54.9 Å². The van der Waals surface area contributed by atoms with Crippen molar-refractivity contribution in [2.75, 3.05) is 25.0 Å². The van der Waals surface area contributed by atoms with Crippen molar-refractivity contribution in [1.29, 1.82) is 0 Å². The Balaban J connectivity index is 1.48. The van der Waals surface area contributed by atoms with E-state index in [2.05, 4.69) is 27.9 Å². The quantitative estimate of drug-likeness (QED) is 0.827. The molecule has 2 amide bonds. The van der Waals surface area contributed by atoms with Crippen LogP contribution in [0.4, 0.5) is 10.5 Å². The van der Waals surface area contributed by atoms with E-state index in [0.29, 0.717) is 12.8 Å². The number of aryl methyl sites for hydroxylation is 2. The summed E-state index contributed by atoms with van der Waals surface area (Å²) in [5, 5.41) is 2.43. The maximum atomic E-state index is 12.7. The molecule has 1 fully saturated rings. The molecule has 0 unspecified atom stereocenters. The maximum Gasteiger partial charge on any atom is 0.332 e. The van der Waals surface area contributed by atoms with E-state index in [1.165, 1.54) is 22.3 Å². The molecule has 6 nitrogen and oxygen atoms in total. The minimum absolute atomic E-state index is 0.488. The highest BCUT2D eigenvalue weighted by atomic mass is 32.2. The SMILES string of the molecule is CCN1CCC(S(=O)(=O)NC(=O)Nc2c3c(cc4c2CCC4)CCC3)CC1. The summed E-state index contributed by atoms with van der Waals surface area (Å²) in [5.41, 5.74) is 5.94. The van der Waals surface area contributed by atoms with Crippen molar-refractivity contribution in [3.05, 3.63) is 28.3 Å². The summed E-state index contributed by atoms with van der Waals surface area (Å²) in [6.45, 7) is 4.55. The molecule has 148 valence electrons. The molecular weight excluding hydrogens is 362 g/mol. The summed E-state index contributed by atoms with van der Waals surface area (Å²) < 4.78 is 27.6. The van der Waals surface area contributed by atoms with Gasteiger partial charge < -0.3 is 10.2 Å². The fourth-order valence-electron chi connectivity index (χ4n) is 4.85. The van der Waals surface area contributed by atoms with E-state index in [1.807, 2.05) is 0 Å². The van der Waals surface area contributed by atoms with Crippen molar-refractivity contribution >= 4 is 21.7 Å². The Kier molecular flexibility index (Phi) is 5.16. The third-order valence-corrected chi connectivity index (χ3v) is 8.19. The first-order valence-electron chi connectivity index (χ1n) is 10.2. The number of amides is 2. The number of carbonyl (C=O) groups is 1. The normalized spacial score (nSPS) is 20.3. The molecular formula is C20H29N3O3S. The number of nitrogens with one attached hydrogen (secondary N) is 2. The largest absolute Gasteiger partial charge is 0.332 e. The van der Waals surface area contributed by atoms with Gasteiger partial charge in [0.05, 0.1) is 5.25 Å². The Morgan fingerprint density at radius 2 is 1.67 bits per heavy atom. The van der Waals surface area contributed by atoms with Gasteiger partial charge in [0, 0.05) is 5.69 Å². The van der Waals surface area contributed by atoms with Crippen LogP contribution in [-0.4, -0.2) is 44.2 Å². The third-order valence-electron chi connectivity index (χ3n) is 6.37. The van der Waals surface area contributed by atoms with Gasteiger partial charge >= 0.3 is 6.03 Å². The lowest BCUT2D eigenvalue weighted by molar-refractivity contribution is 0.240. The van der Waals surface area contributed by atoms with Crippen LogP contribution in [-0.2, 0) is 35.7 Å². The van der Waals surface area contributed by atoms with Gasteiger partial charge in [0.25, 0.3) is 0 Å². The van der Waals surface area contributed by atoms with Gasteiger partial charge in [0.1, 0.15) is 0 Å². The Bertz CT molecular complexity index is 810. The zero-order chi connectivity index (χ0) is 19.0. The molecule has 0 bridgehead atoms. The summed E-state index contributed by atoms with van der Waals surface area (Å²) in [7, 11) is -3.65. The molecule has 4 rings (SSSR count). The summed E-state index contributed by atoms with van der Waals surface area (Å²) >= 11 is 0. The van der Waals surface area contributed by atoms with Crippen LogP contribution < -0.4 is 10.0 Å². The highest BCUT2D eigenvalue weighted by Crippen LogP contribution is 2.38. The lowest BCUT2D eigenvalue weighted by Gasteiger charge is -2.30. The Labute approximate surface area is 161 Å². The number of piperidine rings is 1. The topological polar surface area (TPSA) is 78.5 Å². The van der Waals surface area contributed by atoms with E-state index in [4.69, 9.17) is 0 Å². The zero-order valence-electron chi connectivity index (χ0n) is 16.0. The van der Waals surface area contributed by atoms with Gasteiger partial charge in [0.2, 0.25) is 10.0 Å². The van der Waals surface area contributed by atoms with Gasteiger partial charge in [-0.15, -0.1) is 0 Å². The zero-order valence-corrected chi connectivity index (χ0v) is 16.8. The smallest absolute Gasteiger partial charge is 0.307 e. The number of hydrogen-bond donors (Lipinski definition) is 2. The second kappa shape index (κ2) is 7.43. The number of likely N-dealkylation sites (tertiary alicyclic amines) is 1. The van der Waals surface area contributed by atoms with Crippen LogP contribution in [0.15, 0.2) is 6.07 Å². The highest BCUT2D eigenvalue weighted by molar-refractivity contribution is 7.90. The van der Waals surface area contributed by atoms with E-state index in [0.717, 1.165) is 63.8 Å². The number of anilines is 1. The Morgan fingerprint density at radius 3 is 2.22 bits per heavy atom. The van der Waals surface area contributed by atoms with Gasteiger partial charge in [-0.3, -0.25) is 0 Å². The van der Waals surface area contributed by atoms with Crippen LogP contribution in [0.2, 0.25) is 0 Å². The number of carbonyl (C=O) groups excluding carboxylic acids is 1. The van der Waals surface area contributed by atoms with Crippen LogP contribution in [0, 0.1) is 0 Å². The van der Waals surface area contributed by atoms with Gasteiger partial charge in [0.15, 0.2) is 0 Å². The number of nitrogens with zero attached hydrogens (tertiary/aromatic N) is 1. The number of sulfonamides is 1. The maximum absolute atomic E-state index is 12.7. The number of benzene rings is 1. The lowest BCUT2D eigenvalue weighted by atomic mass is 9.99. The molecule has 0 aromatic heterocycles. The molecule has 1 heterocycles. The van der Waals surface area contributed by atoms with E-state index >= 15 is 0 Å². The van der Waals surface area contributed by atoms with Crippen molar-refractivity contribution in [3.8, 4) is 0 Å². The number of hydrogen-bond acceptors (Lipinski definition) is 4. The van der Waals surface area contributed by atoms with E-state index in [1.54, 1.807) is 0 Å². The van der Waals surface area contributed by atoms with Crippen LogP contribution in [0.25, 0.3) is 0 Å². The van der Waals surface area contributed by atoms with Crippen molar-refractivity contribution in [2.24, 2.45) is 0 Å². The molecule has 0 atom stereocenters. The minimum atomic E-state index is -3.65. The molecule has 27 heavy (non-hydrogen) atoms. The van der Waals surface area contributed by atoms with Gasteiger partial charge in [-0.1, -0.05) is 13.0 Å². The second-order valence-corrected chi connectivity index (χ2v) is 9.93.